The van der Waals surface area contributed by atoms with Crippen molar-refractivity contribution < 1.29 is 14.3 Å². The van der Waals surface area contributed by atoms with Crippen LogP contribution in [0, 0.1) is 0 Å². The number of carbonyl (C=O) groups excluding carboxylic acids is 1. The average Bonchev–Trinajstić information content (AvgIpc) is 2.40. The van der Waals surface area contributed by atoms with Gasteiger partial charge in [0, 0.05) is 6.61 Å². The highest BCUT2D eigenvalue weighted by Gasteiger charge is 2.17. The molecule has 4 nitrogen and oxygen atoms in total. The third-order valence-electron chi connectivity index (χ3n) is 2.80. The van der Waals surface area contributed by atoms with Crippen molar-refractivity contribution in [2.24, 2.45) is 0 Å². The fourth-order valence-corrected chi connectivity index (χ4v) is 1.68. The molecule has 0 bridgehead atoms. The van der Waals surface area contributed by atoms with Crippen molar-refractivity contribution in [1.29, 1.82) is 0 Å². The highest BCUT2D eigenvalue weighted by Crippen LogP contribution is 2.02. The van der Waals surface area contributed by atoms with Crippen molar-refractivity contribution in [2.45, 2.75) is 58.4 Å². The first kappa shape index (κ1) is 17.4. The fraction of sp³-hybridized carbons (Fsp3) is 0.929. The maximum absolute atomic E-state index is 11.5. The van der Waals surface area contributed by atoms with Gasteiger partial charge in [-0.1, -0.05) is 39.5 Å². The summed E-state index contributed by atoms with van der Waals surface area (Å²) in [6.07, 6.45) is 7.09. The molecular formula is C14H29NO3. The van der Waals surface area contributed by atoms with E-state index in [-0.39, 0.29) is 12.0 Å². The topological polar surface area (TPSA) is 47.6 Å². The molecule has 0 aliphatic carbocycles. The summed E-state index contributed by atoms with van der Waals surface area (Å²) in [4.78, 5) is 11.5. The molecule has 0 saturated carbocycles. The van der Waals surface area contributed by atoms with Gasteiger partial charge >= 0.3 is 5.97 Å². The number of methoxy groups -OCH3 is 1. The SMILES string of the molecule is CCCCCCCOCC(NCCC)C(=O)OC. The zero-order valence-electron chi connectivity index (χ0n) is 12.2. The van der Waals surface area contributed by atoms with Gasteiger partial charge in [-0.15, -0.1) is 0 Å². The lowest BCUT2D eigenvalue weighted by Gasteiger charge is -2.16. The molecule has 0 aliphatic heterocycles. The van der Waals surface area contributed by atoms with E-state index in [9.17, 15) is 4.79 Å². The number of hydrogen-bond acceptors (Lipinski definition) is 4. The number of esters is 1. The van der Waals surface area contributed by atoms with Crippen LogP contribution < -0.4 is 5.32 Å². The van der Waals surface area contributed by atoms with Gasteiger partial charge in [-0.05, 0) is 19.4 Å². The molecule has 0 fully saturated rings. The van der Waals surface area contributed by atoms with Crippen molar-refractivity contribution in [3.05, 3.63) is 0 Å². The van der Waals surface area contributed by atoms with Gasteiger partial charge < -0.3 is 14.8 Å². The minimum absolute atomic E-state index is 0.241. The molecule has 1 atom stereocenters. The molecule has 0 radical (unpaired) electrons. The second-order valence-electron chi connectivity index (χ2n) is 4.52. The summed E-state index contributed by atoms with van der Waals surface area (Å²) in [5.74, 6) is -0.241. The summed E-state index contributed by atoms with van der Waals surface area (Å²) < 4.78 is 10.3. The Kier molecular flexibility index (Phi) is 12.4. The van der Waals surface area contributed by atoms with Crippen molar-refractivity contribution in [3.8, 4) is 0 Å². The summed E-state index contributed by atoms with van der Waals surface area (Å²) >= 11 is 0. The molecule has 0 amide bonds. The summed E-state index contributed by atoms with van der Waals surface area (Å²) in [5.41, 5.74) is 0. The number of ether oxygens (including phenoxy) is 2. The third-order valence-corrected chi connectivity index (χ3v) is 2.80. The van der Waals surface area contributed by atoms with Gasteiger partial charge in [0.25, 0.3) is 0 Å². The smallest absolute Gasteiger partial charge is 0.325 e. The Morgan fingerprint density at radius 3 is 2.44 bits per heavy atom. The van der Waals surface area contributed by atoms with E-state index in [1.807, 2.05) is 0 Å². The molecule has 0 heterocycles. The van der Waals surface area contributed by atoms with E-state index in [2.05, 4.69) is 19.2 Å². The van der Waals surface area contributed by atoms with Gasteiger partial charge in [-0.2, -0.15) is 0 Å². The van der Waals surface area contributed by atoms with E-state index >= 15 is 0 Å². The fourth-order valence-electron chi connectivity index (χ4n) is 1.68. The largest absolute Gasteiger partial charge is 0.468 e. The maximum Gasteiger partial charge on any atom is 0.325 e. The Hall–Kier alpha value is -0.610. The first-order chi connectivity index (χ1) is 8.76. The first-order valence-corrected chi connectivity index (χ1v) is 7.15. The lowest BCUT2D eigenvalue weighted by molar-refractivity contribution is -0.144. The molecule has 0 aromatic carbocycles. The van der Waals surface area contributed by atoms with E-state index in [0.717, 1.165) is 26.0 Å². The molecule has 18 heavy (non-hydrogen) atoms. The highest BCUT2D eigenvalue weighted by molar-refractivity contribution is 5.75. The zero-order chi connectivity index (χ0) is 13.6. The van der Waals surface area contributed by atoms with Crippen molar-refractivity contribution >= 4 is 5.97 Å². The quantitative estimate of drug-likeness (QED) is 0.432. The molecular weight excluding hydrogens is 230 g/mol. The van der Waals surface area contributed by atoms with Gasteiger partial charge in [0.1, 0.15) is 6.04 Å². The summed E-state index contributed by atoms with van der Waals surface area (Å²) in [6, 6.07) is -0.328. The van der Waals surface area contributed by atoms with Crippen LogP contribution in [0.25, 0.3) is 0 Å². The lowest BCUT2D eigenvalue weighted by Crippen LogP contribution is -2.41. The maximum atomic E-state index is 11.5. The Morgan fingerprint density at radius 1 is 1.11 bits per heavy atom. The van der Waals surface area contributed by atoms with Crippen LogP contribution >= 0.6 is 0 Å². The number of unbranched alkanes of at least 4 members (excludes halogenated alkanes) is 4. The minimum Gasteiger partial charge on any atom is -0.468 e. The molecule has 0 aromatic rings. The normalized spacial score (nSPS) is 12.4. The highest BCUT2D eigenvalue weighted by atomic mass is 16.5. The molecule has 108 valence electrons. The Bertz CT molecular complexity index is 197. The third kappa shape index (κ3) is 9.42. The van der Waals surface area contributed by atoms with Crippen LogP contribution in [0.15, 0.2) is 0 Å². The monoisotopic (exact) mass is 259 g/mol. The molecule has 4 heteroatoms. The van der Waals surface area contributed by atoms with Crippen LogP contribution in [0.5, 0.6) is 0 Å². The van der Waals surface area contributed by atoms with Gasteiger partial charge in [0.05, 0.1) is 13.7 Å². The molecule has 0 saturated heterocycles. The second kappa shape index (κ2) is 12.8. The zero-order valence-corrected chi connectivity index (χ0v) is 12.2. The summed E-state index contributed by atoms with van der Waals surface area (Å²) in [5, 5.41) is 3.13. The van der Waals surface area contributed by atoms with Gasteiger partial charge in [-0.3, -0.25) is 4.79 Å². The van der Waals surface area contributed by atoms with E-state index in [0.29, 0.717) is 6.61 Å². The molecule has 1 unspecified atom stereocenters. The number of nitrogens with one attached hydrogen (secondary N) is 1. The van der Waals surface area contributed by atoms with Crippen LogP contribution in [0.4, 0.5) is 0 Å². The van der Waals surface area contributed by atoms with Gasteiger partial charge in [0.2, 0.25) is 0 Å². The van der Waals surface area contributed by atoms with Crippen LogP contribution in [0.2, 0.25) is 0 Å². The first-order valence-electron chi connectivity index (χ1n) is 7.15. The van der Waals surface area contributed by atoms with Crippen molar-refractivity contribution in [2.75, 3.05) is 26.9 Å². The Labute approximate surface area is 111 Å². The van der Waals surface area contributed by atoms with E-state index in [1.165, 1.54) is 32.8 Å². The second-order valence-corrected chi connectivity index (χ2v) is 4.52. The van der Waals surface area contributed by atoms with Crippen molar-refractivity contribution in [3.63, 3.8) is 0 Å². The molecule has 0 aliphatic rings. The molecule has 0 spiro atoms. The van der Waals surface area contributed by atoms with Crippen LogP contribution in [0.1, 0.15) is 52.4 Å². The average molecular weight is 259 g/mol. The van der Waals surface area contributed by atoms with E-state index in [4.69, 9.17) is 9.47 Å². The van der Waals surface area contributed by atoms with Crippen LogP contribution in [-0.2, 0) is 14.3 Å². The minimum atomic E-state index is -0.328. The molecule has 0 aromatic heterocycles. The number of carbonyl (C=O) groups is 1. The molecule has 1 N–H and O–H groups in total. The van der Waals surface area contributed by atoms with Gasteiger partial charge in [0.15, 0.2) is 0 Å². The van der Waals surface area contributed by atoms with Crippen LogP contribution in [-0.4, -0.2) is 38.9 Å². The predicted octanol–water partition coefficient (Wildman–Crippen LogP) is 2.51. The summed E-state index contributed by atoms with van der Waals surface area (Å²) in [7, 11) is 1.41. The Morgan fingerprint density at radius 2 is 1.83 bits per heavy atom. The van der Waals surface area contributed by atoms with Crippen molar-refractivity contribution in [1.82, 2.24) is 5.32 Å². The number of hydrogen-bond donors (Lipinski definition) is 1. The van der Waals surface area contributed by atoms with E-state index < -0.39 is 0 Å². The van der Waals surface area contributed by atoms with Crippen LogP contribution in [0.3, 0.4) is 0 Å². The Balaban J connectivity index is 3.59. The molecule has 0 rings (SSSR count). The number of rotatable bonds is 12. The predicted molar refractivity (Wildman–Crippen MR) is 73.7 cm³/mol. The van der Waals surface area contributed by atoms with Gasteiger partial charge in [-0.25, -0.2) is 0 Å². The standard InChI is InChI=1S/C14H29NO3/c1-4-6-7-8-9-11-18-12-13(14(16)17-3)15-10-5-2/h13,15H,4-12H2,1-3H3. The van der Waals surface area contributed by atoms with E-state index in [1.54, 1.807) is 0 Å². The lowest BCUT2D eigenvalue weighted by atomic mass is 10.2. The summed E-state index contributed by atoms with van der Waals surface area (Å²) in [6.45, 7) is 6.21.